The fraction of sp³-hybridized carbons (Fsp3) is 0.591. The number of aromatic nitrogens is 3. The Balaban J connectivity index is 1.04. The molecule has 0 unspecified atom stereocenters. The standard InChI is InChI=1S/C44H57ClF5N5O16/c45-27-8-6-26(7-9-27)21-31(59)51-23-30(58)40(62)42-39(52-32(60)25-56)29(57)22-44(71-42,43(63)64)69-12-4-2-1-3-5-28-24-55(54-53-28)11-14-66-16-18-68-20-19-67-17-15-65-13-10-33(61)70-41-37(49)35(47)34(46)36(48)38(41)50/h6-9,24,29-30,39-40,42,56-58,62H,1-5,10-23,25H2,(H,51,59)(H,52,60)(H,63,64)/t29-,30+,39+,40+,42+,44+/m0/s1. The van der Waals surface area contributed by atoms with Crippen LogP contribution in [0.25, 0.3) is 0 Å². The number of esters is 1. The fourth-order valence-corrected chi connectivity index (χ4v) is 6.96. The summed E-state index contributed by atoms with van der Waals surface area (Å²) < 4.78 is 106. The Morgan fingerprint density at radius 2 is 1.41 bits per heavy atom. The van der Waals surface area contributed by atoms with Crippen molar-refractivity contribution >= 4 is 35.4 Å². The Morgan fingerprint density at radius 1 is 0.817 bits per heavy atom. The Hall–Kier alpha value is -5.00. The van der Waals surface area contributed by atoms with Crippen LogP contribution in [0, 0.1) is 29.1 Å². The third kappa shape index (κ3) is 18.8. The molecule has 396 valence electrons. The predicted molar refractivity (Wildman–Crippen MR) is 233 cm³/mol. The SMILES string of the molecule is O=C(Cc1ccc(Cl)cc1)NC[C@@H](O)[C@@H](O)[C@@H]1O[C@@](OCCCCCCc2cn(CCOCCOCCOCCOCCC(=O)Oc3c(F)c(F)c(F)c(F)c3F)nn2)(C(=O)O)C[C@H](O)[C@H]1NC(=O)CO. The molecule has 1 aromatic heterocycles. The largest absolute Gasteiger partial charge is 0.477 e. The monoisotopic (exact) mass is 1040 g/mol. The highest BCUT2D eigenvalue weighted by Gasteiger charge is 2.55. The van der Waals surface area contributed by atoms with Crippen LogP contribution in [-0.4, -0.2) is 173 Å². The number of aliphatic hydroxyl groups is 4. The van der Waals surface area contributed by atoms with Crippen molar-refractivity contribution in [2.45, 2.75) is 94.2 Å². The topological polar surface area (TPSA) is 289 Å². The van der Waals surface area contributed by atoms with Gasteiger partial charge in [0.2, 0.25) is 46.6 Å². The van der Waals surface area contributed by atoms with Gasteiger partial charge in [-0.15, -0.1) is 5.10 Å². The average molecular weight is 1040 g/mol. The molecule has 7 N–H and O–H groups in total. The van der Waals surface area contributed by atoms with Gasteiger partial charge in [-0.2, -0.15) is 8.78 Å². The number of aliphatic carboxylic acids is 1. The molecule has 6 atom stereocenters. The number of halogens is 6. The number of aryl methyl sites for hydroxylation is 1. The zero-order valence-corrected chi connectivity index (χ0v) is 39.0. The van der Waals surface area contributed by atoms with E-state index in [1.54, 1.807) is 35.1 Å². The van der Waals surface area contributed by atoms with Crippen molar-refractivity contribution in [3.8, 4) is 5.75 Å². The van der Waals surface area contributed by atoms with Gasteiger partial charge in [-0.25, -0.2) is 22.6 Å². The first-order chi connectivity index (χ1) is 34.0. The molecule has 2 heterocycles. The Bertz CT molecular complexity index is 2140. The molecule has 2 amide bonds. The first-order valence-corrected chi connectivity index (χ1v) is 22.8. The normalized spacial score (nSPS) is 18.8. The van der Waals surface area contributed by atoms with E-state index >= 15 is 0 Å². The highest BCUT2D eigenvalue weighted by molar-refractivity contribution is 6.30. The van der Waals surface area contributed by atoms with E-state index in [2.05, 4.69) is 25.7 Å². The maximum atomic E-state index is 13.6. The van der Waals surface area contributed by atoms with Gasteiger partial charge in [-0.1, -0.05) is 41.8 Å². The summed E-state index contributed by atoms with van der Waals surface area (Å²) in [6.07, 6.45) is -3.63. The molecule has 1 fully saturated rings. The number of rotatable bonds is 33. The highest BCUT2D eigenvalue weighted by Crippen LogP contribution is 2.34. The molecule has 0 saturated carbocycles. The highest BCUT2D eigenvalue weighted by atomic mass is 35.5. The van der Waals surface area contributed by atoms with Gasteiger partial charge < -0.3 is 69.3 Å². The number of ether oxygens (including phenoxy) is 7. The number of amides is 2. The smallest absolute Gasteiger partial charge is 0.364 e. The number of benzene rings is 2. The molecule has 0 aliphatic carbocycles. The molecule has 0 bridgehead atoms. The van der Waals surface area contributed by atoms with Gasteiger partial charge in [0.1, 0.15) is 18.8 Å². The third-order valence-electron chi connectivity index (χ3n) is 10.6. The van der Waals surface area contributed by atoms with Gasteiger partial charge in [0.25, 0.3) is 5.79 Å². The van der Waals surface area contributed by atoms with Gasteiger partial charge in [-0.05, 0) is 37.0 Å². The Labute approximate surface area is 408 Å². The van der Waals surface area contributed by atoms with Crippen LogP contribution in [0.1, 0.15) is 49.8 Å². The zero-order chi connectivity index (χ0) is 51.9. The molecule has 1 aliphatic rings. The van der Waals surface area contributed by atoms with Crippen molar-refractivity contribution in [2.75, 3.05) is 72.6 Å². The zero-order valence-electron chi connectivity index (χ0n) is 38.3. The maximum absolute atomic E-state index is 13.6. The second kappa shape index (κ2) is 30.1. The molecule has 21 nitrogen and oxygen atoms in total. The number of aliphatic hydroxyl groups excluding tert-OH is 4. The predicted octanol–water partition coefficient (Wildman–Crippen LogP) is 1.30. The van der Waals surface area contributed by atoms with Crippen LogP contribution in [0.2, 0.25) is 5.02 Å². The van der Waals surface area contributed by atoms with Gasteiger partial charge >= 0.3 is 11.9 Å². The number of hydrogen-bond donors (Lipinski definition) is 7. The lowest BCUT2D eigenvalue weighted by Gasteiger charge is -2.46. The minimum atomic E-state index is -2.48. The summed E-state index contributed by atoms with van der Waals surface area (Å²) >= 11 is 5.88. The number of unbranched alkanes of at least 4 members (excludes halogenated alkanes) is 3. The number of carboxylic acids is 1. The number of carboxylic acid groups (broad SMARTS) is 1. The second-order valence-corrected chi connectivity index (χ2v) is 16.3. The molecular formula is C44H57ClF5N5O16. The molecule has 71 heavy (non-hydrogen) atoms. The van der Waals surface area contributed by atoms with E-state index < -0.39 is 121 Å². The maximum Gasteiger partial charge on any atom is 0.364 e. The minimum absolute atomic E-state index is 0.0300. The van der Waals surface area contributed by atoms with Crippen LogP contribution >= 0.6 is 11.6 Å². The summed E-state index contributed by atoms with van der Waals surface area (Å²) in [6, 6.07) is 4.99. The van der Waals surface area contributed by atoms with E-state index in [-0.39, 0.29) is 52.7 Å². The number of nitrogens with one attached hydrogen (secondary N) is 2. The van der Waals surface area contributed by atoms with Gasteiger partial charge in [0.15, 0.2) is 0 Å². The molecule has 0 radical (unpaired) electrons. The number of carbonyl (C=O) groups is 4. The molecule has 4 rings (SSSR count). The first kappa shape index (κ1) is 58.6. The van der Waals surface area contributed by atoms with Crippen LogP contribution in [0.3, 0.4) is 0 Å². The molecule has 2 aromatic carbocycles. The van der Waals surface area contributed by atoms with Gasteiger partial charge in [-0.3, -0.25) is 14.4 Å². The average Bonchev–Trinajstić information content (AvgIpc) is 3.81. The lowest BCUT2D eigenvalue weighted by atomic mass is 9.88. The van der Waals surface area contributed by atoms with Crippen LogP contribution in [-0.2, 0) is 67.0 Å². The molecule has 1 aliphatic heterocycles. The first-order valence-electron chi connectivity index (χ1n) is 22.4. The van der Waals surface area contributed by atoms with Crippen molar-refractivity contribution < 1.29 is 99.8 Å². The number of hydrogen-bond acceptors (Lipinski definition) is 17. The van der Waals surface area contributed by atoms with E-state index in [0.29, 0.717) is 62.4 Å². The molecular weight excluding hydrogens is 985 g/mol. The van der Waals surface area contributed by atoms with E-state index in [1.807, 2.05) is 0 Å². The third-order valence-corrected chi connectivity index (χ3v) is 10.8. The molecule has 0 spiro atoms. The van der Waals surface area contributed by atoms with Crippen LogP contribution in [0.5, 0.6) is 5.75 Å². The molecule has 27 heteroatoms. The molecule has 3 aromatic rings. The molecule has 1 saturated heterocycles. The minimum Gasteiger partial charge on any atom is -0.477 e. The summed E-state index contributed by atoms with van der Waals surface area (Å²) in [7, 11) is 0. The lowest BCUT2D eigenvalue weighted by Crippen LogP contribution is -2.68. The Morgan fingerprint density at radius 3 is 2.03 bits per heavy atom. The summed E-state index contributed by atoms with van der Waals surface area (Å²) in [5, 5.41) is 65.9. The summed E-state index contributed by atoms with van der Waals surface area (Å²) in [5.74, 6) is -19.9. The fourth-order valence-electron chi connectivity index (χ4n) is 6.83. The van der Waals surface area contributed by atoms with Crippen LogP contribution in [0.15, 0.2) is 30.5 Å². The summed E-state index contributed by atoms with van der Waals surface area (Å²) in [4.78, 5) is 48.9. The quantitative estimate of drug-likeness (QED) is 0.0113. The van der Waals surface area contributed by atoms with Crippen LogP contribution in [0.4, 0.5) is 22.0 Å². The van der Waals surface area contributed by atoms with Crippen molar-refractivity contribution in [3.63, 3.8) is 0 Å². The van der Waals surface area contributed by atoms with Gasteiger partial charge in [0, 0.05) is 24.2 Å². The van der Waals surface area contributed by atoms with Crippen molar-refractivity contribution in [1.29, 1.82) is 0 Å². The van der Waals surface area contributed by atoms with E-state index in [0.717, 1.165) is 5.69 Å². The van der Waals surface area contributed by atoms with Crippen molar-refractivity contribution in [2.24, 2.45) is 0 Å². The van der Waals surface area contributed by atoms with E-state index in [4.69, 9.17) is 40.0 Å². The number of carbonyl (C=O) groups excluding carboxylic acids is 3. The van der Waals surface area contributed by atoms with E-state index in [9.17, 15) is 66.7 Å². The Kier molecular flexibility index (Phi) is 24.9. The van der Waals surface area contributed by atoms with Crippen molar-refractivity contribution in [3.05, 3.63) is 75.8 Å². The van der Waals surface area contributed by atoms with Gasteiger partial charge in [0.05, 0.1) is 103 Å². The van der Waals surface area contributed by atoms with Crippen LogP contribution < -0.4 is 15.4 Å². The number of nitrogens with zero attached hydrogens (tertiary/aromatic N) is 3. The lowest BCUT2D eigenvalue weighted by molar-refractivity contribution is -0.310. The van der Waals surface area contributed by atoms with E-state index in [1.165, 1.54) is 0 Å². The summed E-state index contributed by atoms with van der Waals surface area (Å²) in [5.41, 5.74) is 1.37. The summed E-state index contributed by atoms with van der Waals surface area (Å²) in [6.45, 7) is 0.0122. The second-order valence-electron chi connectivity index (χ2n) is 15.9. The van der Waals surface area contributed by atoms with Crippen molar-refractivity contribution in [1.82, 2.24) is 25.6 Å².